The van der Waals surface area contributed by atoms with Gasteiger partial charge in [0.25, 0.3) is 0 Å². The largest absolute Gasteiger partial charge is 0.491 e. The summed E-state index contributed by atoms with van der Waals surface area (Å²) in [7, 11) is 0. The Morgan fingerprint density at radius 2 is 2.00 bits per heavy atom. The second-order valence-electron chi connectivity index (χ2n) is 3.88. The summed E-state index contributed by atoms with van der Waals surface area (Å²) in [5, 5.41) is 4.51. The number of hydrogen-bond acceptors (Lipinski definition) is 2. The fourth-order valence-electron chi connectivity index (χ4n) is 1.45. The average Bonchev–Trinajstić information content (AvgIpc) is 2.30. The minimum atomic E-state index is 0.559. The molecule has 1 N–H and O–H groups in total. The Hall–Kier alpha value is -0.440. The third-order valence-corrected chi connectivity index (χ3v) is 2.92. The third-order valence-electron chi connectivity index (χ3n) is 2.39. The number of halogens is 2. The Morgan fingerprint density at radius 1 is 1.18 bits per heavy atom. The Kier molecular flexibility index (Phi) is 7.41. The maximum Gasteiger partial charge on any atom is 0.138 e. The van der Waals surface area contributed by atoms with E-state index in [1.165, 1.54) is 19.3 Å². The van der Waals surface area contributed by atoms with Crippen molar-refractivity contribution in [2.75, 3.05) is 19.7 Å². The van der Waals surface area contributed by atoms with E-state index < -0.39 is 0 Å². The highest BCUT2D eigenvalue weighted by Crippen LogP contribution is 2.27. The Bertz CT molecular complexity index is 331. The molecule has 1 aromatic rings. The number of benzene rings is 1. The Balaban J connectivity index is 2.14. The van der Waals surface area contributed by atoms with E-state index >= 15 is 0 Å². The molecule has 0 bridgehead atoms. The Morgan fingerprint density at radius 3 is 2.71 bits per heavy atom. The van der Waals surface area contributed by atoms with Crippen molar-refractivity contribution in [3.63, 3.8) is 0 Å². The van der Waals surface area contributed by atoms with Crippen LogP contribution in [0.5, 0.6) is 5.75 Å². The number of unbranched alkanes of at least 4 members (excludes halogenated alkanes) is 2. The standard InChI is InChI=1S/C13H19Cl2NO/c1-2-3-4-7-16-8-9-17-13-6-5-11(14)10-12(13)15/h5-6,10,16H,2-4,7-9H2,1H3. The van der Waals surface area contributed by atoms with Crippen molar-refractivity contribution in [2.45, 2.75) is 26.2 Å². The minimum absolute atomic E-state index is 0.559. The first-order valence-electron chi connectivity index (χ1n) is 6.02. The molecule has 0 saturated carbocycles. The molecular weight excluding hydrogens is 257 g/mol. The molecule has 0 spiro atoms. The molecule has 1 rings (SSSR count). The summed E-state index contributed by atoms with van der Waals surface area (Å²) in [4.78, 5) is 0. The first kappa shape index (κ1) is 14.6. The topological polar surface area (TPSA) is 21.3 Å². The first-order chi connectivity index (χ1) is 8.24. The summed E-state index contributed by atoms with van der Waals surface area (Å²) in [6.45, 7) is 4.70. The Labute approximate surface area is 113 Å². The molecule has 0 fully saturated rings. The first-order valence-corrected chi connectivity index (χ1v) is 6.78. The lowest BCUT2D eigenvalue weighted by Crippen LogP contribution is -2.22. The van der Waals surface area contributed by atoms with Gasteiger partial charge in [0.2, 0.25) is 0 Å². The van der Waals surface area contributed by atoms with E-state index in [1.54, 1.807) is 18.2 Å². The van der Waals surface area contributed by atoms with Crippen LogP contribution in [0.1, 0.15) is 26.2 Å². The van der Waals surface area contributed by atoms with Gasteiger partial charge in [-0.3, -0.25) is 0 Å². The zero-order valence-corrected chi connectivity index (χ0v) is 11.7. The van der Waals surface area contributed by atoms with Crippen LogP contribution in [0, 0.1) is 0 Å². The normalized spacial score (nSPS) is 10.5. The minimum Gasteiger partial charge on any atom is -0.491 e. The maximum atomic E-state index is 5.98. The average molecular weight is 276 g/mol. The molecule has 0 saturated heterocycles. The summed E-state index contributed by atoms with van der Waals surface area (Å²) in [6, 6.07) is 5.26. The molecule has 2 nitrogen and oxygen atoms in total. The van der Waals surface area contributed by atoms with Gasteiger partial charge >= 0.3 is 0 Å². The molecule has 0 aliphatic rings. The van der Waals surface area contributed by atoms with Crippen molar-refractivity contribution in [3.05, 3.63) is 28.2 Å². The van der Waals surface area contributed by atoms with Crippen molar-refractivity contribution >= 4 is 23.2 Å². The van der Waals surface area contributed by atoms with Crippen LogP contribution in [0.3, 0.4) is 0 Å². The molecule has 4 heteroatoms. The summed E-state index contributed by atoms with van der Waals surface area (Å²) < 4.78 is 5.55. The van der Waals surface area contributed by atoms with E-state index in [-0.39, 0.29) is 0 Å². The third kappa shape index (κ3) is 6.16. The van der Waals surface area contributed by atoms with Crippen molar-refractivity contribution < 1.29 is 4.74 Å². The van der Waals surface area contributed by atoms with E-state index in [2.05, 4.69) is 12.2 Å². The molecule has 0 atom stereocenters. The molecule has 17 heavy (non-hydrogen) atoms. The number of rotatable bonds is 8. The highest BCUT2D eigenvalue weighted by molar-refractivity contribution is 6.35. The molecule has 0 unspecified atom stereocenters. The van der Waals surface area contributed by atoms with Gasteiger partial charge in [-0.25, -0.2) is 0 Å². The summed E-state index contributed by atoms with van der Waals surface area (Å²) >= 11 is 11.8. The van der Waals surface area contributed by atoms with Gasteiger partial charge in [0, 0.05) is 11.6 Å². The van der Waals surface area contributed by atoms with Gasteiger partial charge in [0.05, 0.1) is 5.02 Å². The second-order valence-corrected chi connectivity index (χ2v) is 4.72. The van der Waals surface area contributed by atoms with Crippen LogP contribution in [0.2, 0.25) is 10.0 Å². The molecule has 0 aliphatic carbocycles. The van der Waals surface area contributed by atoms with E-state index in [0.29, 0.717) is 22.4 Å². The van der Waals surface area contributed by atoms with Gasteiger partial charge in [0.15, 0.2) is 0 Å². The highest BCUT2D eigenvalue weighted by atomic mass is 35.5. The van der Waals surface area contributed by atoms with Crippen LogP contribution in [0.25, 0.3) is 0 Å². The molecule has 96 valence electrons. The van der Waals surface area contributed by atoms with E-state index in [4.69, 9.17) is 27.9 Å². The number of ether oxygens (including phenoxy) is 1. The molecule has 0 heterocycles. The van der Waals surface area contributed by atoms with Crippen LogP contribution in [0.4, 0.5) is 0 Å². The van der Waals surface area contributed by atoms with Gasteiger partial charge in [-0.2, -0.15) is 0 Å². The lowest BCUT2D eigenvalue weighted by molar-refractivity contribution is 0.314. The quantitative estimate of drug-likeness (QED) is 0.720. The highest BCUT2D eigenvalue weighted by Gasteiger charge is 2.01. The summed E-state index contributed by atoms with van der Waals surface area (Å²) in [5.41, 5.74) is 0. The van der Waals surface area contributed by atoms with Gasteiger partial charge in [-0.1, -0.05) is 43.0 Å². The molecular formula is C13H19Cl2NO. The molecule has 0 amide bonds. The van der Waals surface area contributed by atoms with Gasteiger partial charge < -0.3 is 10.1 Å². The van der Waals surface area contributed by atoms with Gasteiger partial charge in [0.1, 0.15) is 12.4 Å². The lowest BCUT2D eigenvalue weighted by atomic mass is 10.2. The van der Waals surface area contributed by atoms with Crippen molar-refractivity contribution in [2.24, 2.45) is 0 Å². The smallest absolute Gasteiger partial charge is 0.138 e. The fourth-order valence-corrected chi connectivity index (χ4v) is 1.91. The van der Waals surface area contributed by atoms with Crippen molar-refractivity contribution in [1.29, 1.82) is 0 Å². The molecule has 0 radical (unpaired) electrons. The van der Waals surface area contributed by atoms with Gasteiger partial charge in [-0.05, 0) is 31.2 Å². The monoisotopic (exact) mass is 275 g/mol. The van der Waals surface area contributed by atoms with Crippen LogP contribution in [-0.4, -0.2) is 19.7 Å². The zero-order valence-electron chi connectivity index (χ0n) is 10.1. The number of hydrogen-bond donors (Lipinski definition) is 1. The van der Waals surface area contributed by atoms with Crippen LogP contribution in [0.15, 0.2) is 18.2 Å². The molecule has 0 aromatic heterocycles. The van der Waals surface area contributed by atoms with Crippen LogP contribution < -0.4 is 10.1 Å². The van der Waals surface area contributed by atoms with E-state index in [1.807, 2.05) is 0 Å². The predicted octanol–water partition coefficient (Wildman–Crippen LogP) is 4.15. The van der Waals surface area contributed by atoms with Gasteiger partial charge in [-0.15, -0.1) is 0 Å². The van der Waals surface area contributed by atoms with Crippen LogP contribution in [-0.2, 0) is 0 Å². The number of nitrogens with one attached hydrogen (secondary N) is 1. The predicted molar refractivity (Wildman–Crippen MR) is 74.4 cm³/mol. The van der Waals surface area contributed by atoms with Crippen molar-refractivity contribution in [3.8, 4) is 5.75 Å². The summed E-state index contributed by atoms with van der Waals surface area (Å²) in [6.07, 6.45) is 3.74. The van der Waals surface area contributed by atoms with Crippen LogP contribution >= 0.6 is 23.2 Å². The molecule has 1 aromatic carbocycles. The van der Waals surface area contributed by atoms with E-state index in [9.17, 15) is 0 Å². The summed E-state index contributed by atoms with van der Waals surface area (Å²) in [5.74, 6) is 0.687. The SMILES string of the molecule is CCCCCNCCOc1ccc(Cl)cc1Cl. The van der Waals surface area contributed by atoms with Crippen molar-refractivity contribution in [1.82, 2.24) is 5.32 Å². The lowest BCUT2D eigenvalue weighted by Gasteiger charge is -2.09. The zero-order chi connectivity index (χ0) is 12.5. The fraction of sp³-hybridized carbons (Fsp3) is 0.538. The maximum absolute atomic E-state index is 5.98. The second kappa shape index (κ2) is 8.62. The molecule has 0 aliphatic heterocycles. The van der Waals surface area contributed by atoms with E-state index in [0.717, 1.165) is 13.1 Å².